The molecule has 2 N–H and O–H groups in total. The van der Waals surface area contributed by atoms with Gasteiger partial charge in [-0.3, -0.25) is 0 Å². The molecule has 0 amide bonds. The number of hydrogen-bond donors (Lipinski definition) is 1. The van der Waals surface area contributed by atoms with Gasteiger partial charge in [-0.1, -0.05) is 12.1 Å². The fourth-order valence-corrected chi connectivity index (χ4v) is 1.91. The summed E-state index contributed by atoms with van der Waals surface area (Å²) in [5.41, 5.74) is 6.82. The van der Waals surface area contributed by atoms with Gasteiger partial charge in [-0.05, 0) is 42.3 Å². The van der Waals surface area contributed by atoms with E-state index >= 15 is 0 Å². The van der Waals surface area contributed by atoms with E-state index in [4.69, 9.17) is 5.73 Å². The fourth-order valence-electron chi connectivity index (χ4n) is 1.91. The van der Waals surface area contributed by atoms with Crippen molar-refractivity contribution >= 4 is 0 Å². The second-order valence-electron chi connectivity index (χ2n) is 4.43. The second-order valence-corrected chi connectivity index (χ2v) is 4.43. The van der Waals surface area contributed by atoms with E-state index in [0.29, 0.717) is 13.1 Å². The summed E-state index contributed by atoms with van der Waals surface area (Å²) in [6.45, 7) is 1.15. The molecule has 0 spiro atoms. The normalized spacial score (nSPS) is 11.8. The Bertz CT molecular complexity index is 526. The molecule has 0 unspecified atom stereocenters. The van der Waals surface area contributed by atoms with E-state index in [1.807, 2.05) is 23.0 Å². The molecule has 5 heteroatoms. The maximum atomic E-state index is 12.4. The van der Waals surface area contributed by atoms with Gasteiger partial charge in [0.25, 0.3) is 0 Å². The molecular formula is C14H15F3N2. The smallest absolute Gasteiger partial charge is 0.350 e. The highest BCUT2D eigenvalue weighted by Crippen LogP contribution is 2.29. The van der Waals surface area contributed by atoms with Crippen LogP contribution in [0.25, 0.3) is 0 Å². The number of nitrogens with two attached hydrogens (primary N) is 1. The largest absolute Gasteiger partial charge is 0.416 e. The Hall–Kier alpha value is -1.75. The lowest BCUT2D eigenvalue weighted by Crippen LogP contribution is -2.05. The molecule has 19 heavy (non-hydrogen) atoms. The lowest BCUT2D eigenvalue weighted by Gasteiger charge is -2.08. The molecule has 0 radical (unpaired) electrons. The van der Waals surface area contributed by atoms with Crippen LogP contribution in [0.15, 0.2) is 42.7 Å². The molecule has 0 saturated heterocycles. The predicted octanol–water partition coefficient (Wildman–Crippen LogP) is 3.06. The molecule has 1 heterocycles. The maximum Gasteiger partial charge on any atom is 0.416 e. The Morgan fingerprint density at radius 1 is 1.00 bits per heavy atom. The summed E-state index contributed by atoms with van der Waals surface area (Å²) in [5, 5.41) is 0. The van der Waals surface area contributed by atoms with Crippen LogP contribution in [0.3, 0.4) is 0 Å². The monoisotopic (exact) mass is 268 g/mol. The Morgan fingerprint density at radius 2 is 1.68 bits per heavy atom. The highest BCUT2D eigenvalue weighted by atomic mass is 19.4. The van der Waals surface area contributed by atoms with E-state index in [2.05, 4.69) is 0 Å². The lowest BCUT2D eigenvalue weighted by molar-refractivity contribution is -0.137. The molecule has 2 aromatic rings. The van der Waals surface area contributed by atoms with Crippen molar-refractivity contribution in [2.45, 2.75) is 19.1 Å². The summed E-state index contributed by atoms with van der Waals surface area (Å²) in [5.74, 6) is 0. The molecule has 1 aromatic heterocycles. The van der Waals surface area contributed by atoms with E-state index in [1.54, 1.807) is 0 Å². The van der Waals surface area contributed by atoms with Crippen molar-refractivity contribution in [1.29, 1.82) is 0 Å². The van der Waals surface area contributed by atoms with Crippen molar-refractivity contribution < 1.29 is 13.2 Å². The Kier molecular flexibility index (Phi) is 3.95. The predicted molar refractivity (Wildman–Crippen MR) is 67.7 cm³/mol. The minimum Gasteiger partial charge on any atom is -0.350 e. The van der Waals surface area contributed by atoms with E-state index in [1.165, 1.54) is 12.1 Å². The molecule has 0 aliphatic carbocycles. The van der Waals surface area contributed by atoms with Crippen LogP contribution in [0.5, 0.6) is 0 Å². The fraction of sp³-hybridized carbons (Fsp3) is 0.286. The van der Waals surface area contributed by atoms with Crippen molar-refractivity contribution in [3.63, 3.8) is 0 Å². The Balaban J connectivity index is 2.06. The van der Waals surface area contributed by atoms with Crippen LogP contribution < -0.4 is 5.73 Å². The number of nitrogens with zero attached hydrogens (tertiary/aromatic N) is 1. The van der Waals surface area contributed by atoms with Gasteiger partial charge in [0.05, 0.1) is 5.56 Å². The molecule has 1 aromatic carbocycles. The van der Waals surface area contributed by atoms with Gasteiger partial charge >= 0.3 is 6.18 Å². The van der Waals surface area contributed by atoms with Crippen LogP contribution >= 0.6 is 0 Å². The zero-order valence-corrected chi connectivity index (χ0v) is 10.3. The quantitative estimate of drug-likeness (QED) is 0.907. The van der Waals surface area contributed by atoms with E-state index < -0.39 is 11.7 Å². The summed E-state index contributed by atoms with van der Waals surface area (Å²) in [6, 6.07) is 7.20. The summed E-state index contributed by atoms with van der Waals surface area (Å²) in [7, 11) is 0. The molecule has 102 valence electrons. The van der Waals surface area contributed by atoms with Gasteiger partial charge in [-0.2, -0.15) is 13.2 Å². The van der Waals surface area contributed by atoms with Crippen molar-refractivity contribution in [3.8, 4) is 0 Å². The first-order chi connectivity index (χ1) is 8.99. The van der Waals surface area contributed by atoms with Gasteiger partial charge in [0, 0.05) is 18.9 Å². The number of benzene rings is 1. The summed E-state index contributed by atoms with van der Waals surface area (Å²) < 4.78 is 39.2. The highest BCUT2D eigenvalue weighted by molar-refractivity contribution is 5.25. The molecule has 0 saturated carbocycles. The molecule has 0 bridgehead atoms. The summed E-state index contributed by atoms with van der Waals surface area (Å²) in [6.07, 6.45) is 0.396. The number of aromatic nitrogens is 1. The highest BCUT2D eigenvalue weighted by Gasteiger charge is 2.29. The van der Waals surface area contributed by atoms with Crippen LogP contribution in [0, 0.1) is 0 Å². The first-order valence-corrected chi connectivity index (χ1v) is 6.00. The molecule has 2 nitrogen and oxygen atoms in total. The van der Waals surface area contributed by atoms with Gasteiger partial charge < -0.3 is 10.3 Å². The zero-order chi connectivity index (χ0) is 13.9. The van der Waals surface area contributed by atoms with Gasteiger partial charge in [-0.25, -0.2) is 0 Å². The number of alkyl halides is 3. The van der Waals surface area contributed by atoms with Crippen LogP contribution in [-0.2, 0) is 19.1 Å². The van der Waals surface area contributed by atoms with E-state index in [-0.39, 0.29) is 0 Å². The van der Waals surface area contributed by atoms with Gasteiger partial charge in [0.2, 0.25) is 0 Å². The third-order valence-corrected chi connectivity index (χ3v) is 2.89. The third-order valence-electron chi connectivity index (χ3n) is 2.89. The standard InChI is InChI=1S/C14H15F3N2/c15-14(16,17)13-3-1-11(2-4-13)9-19-8-6-12(10-19)5-7-18/h1-4,6,8,10H,5,7,9,18H2. The van der Waals surface area contributed by atoms with Crippen LogP contribution in [0.2, 0.25) is 0 Å². The van der Waals surface area contributed by atoms with Crippen molar-refractivity contribution in [2.75, 3.05) is 6.54 Å². The molecule has 0 atom stereocenters. The minimum absolute atomic E-state index is 0.558. The topological polar surface area (TPSA) is 30.9 Å². The van der Waals surface area contributed by atoms with Gasteiger partial charge in [0.15, 0.2) is 0 Å². The molecule has 2 rings (SSSR count). The van der Waals surface area contributed by atoms with E-state index in [9.17, 15) is 13.2 Å². The first-order valence-electron chi connectivity index (χ1n) is 6.00. The number of halogens is 3. The van der Waals surface area contributed by atoms with Crippen molar-refractivity contribution in [2.24, 2.45) is 5.73 Å². The molecule has 0 aliphatic rings. The lowest BCUT2D eigenvalue weighted by atomic mass is 10.1. The maximum absolute atomic E-state index is 12.4. The van der Waals surface area contributed by atoms with Crippen LogP contribution in [-0.4, -0.2) is 11.1 Å². The van der Waals surface area contributed by atoms with Crippen molar-refractivity contribution in [3.05, 3.63) is 59.4 Å². The molecular weight excluding hydrogens is 253 g/mol. The summed E-state index contributed by atoms with van der Waals surface area (Å²) >= 11 is 0. The number of hydrogen-bond acceptors (Lipinski definition) is 1. The Morgan fingerprint density at radius 3 is 2.26 bits per heavy atom. The SMILES string of the molecule is NCCc1ccn(Cc2ccc(C(F)(F)F)cc2)c1. The van der Waals surface area contributed by atoms with E-state index in [0.717, 1.165) is 29.7 Å². The third kappa shape index (κ3) is 3.61. The summed E-state index contributed by atoms with van der Waals surface area (Å²) in [4.78, 5) is 0. The average molecular weight is 268 g/mol. The van der Waals surface area contributed by atoms with Crippen LogP contribution in [0.1, 0.15) is 16.7 Å². The number of rotatable bonds is 4. The minimum atomic E-state index is -4.28. The Labute approximate surface area is 109 Å². The van der Waals surface area contributed by atoms with Crippen molar-refractivity contribution in [1.82, 2.24) is 4.57 Å². The average Bonchev–Trinajstić information content (AvgIpc) is 2.77. The van der Waals surface area contributed by atoms with Gasteiger partial charge in [-0.15, -0.1) is 0 Å². The molecule has 0 fully saturated rings. The first kappa shape index (κ1) is 13.7. The van der Waals surface area contributed by atoms with Gasteiger partial charge in [0.1, 0.15) is 0 Å². The molecule has 0 aliphatic heterocycles. The second kappa shape index (κ2) is 5.48. The van der Waals surface area contributed by atoms with Crippen LogP contribution in [0.4, 0.5) is 13.2 Å². The zero-order valence-electron chi connectivity index (χ0n) is 10.3.